The molecule has 1 heterocycles. The van der Waals surface area contributed by atoms with Crippen molar-refractivity contribution < 1.29 is 16.8 Å². The summed E-state index contributed by atoms with van der Waals surface area (Å²) in [5.41, 5.74) is 0.738. The van der Waals surface area contributed by atoms with E-state index in [0.717, 1.165) is 12.8 Å². The van der Waals surface area contributed by atoms with Crippen LogP contribution in [-0.4, -0.2) is 34.2 Å². The molecular formula is C17H17N3O4S2. The van der Waals surface area contributed by atoms with Crippen molar-refractivity contribution in [3.05, 3.63) is 54.1 Å². The van der Waals surface area contributed by atoms with Gasteiger partial charge in [0.25, 0.3) is 10.0 Å². The SMILES string of the molecule is N#Cc1ccc(NS(=O)(=O)c2ccc(S(=O)(=O)N3CCCC3)cc2)cc1. The lowest BCUT2D eigenvalue weighted by Crippen LogP contribution is -2.27. The lowest BCUT2D eigenvalue weighted by atomic mass is 10.2. The molecule has 0 radical (unpaired) electrons. The maximum absolute atomic E-state index is 12.5. The van der Waals surface area contributed by atoms with Gasteiger partial charge in [-0.15, -0.1) is 0 Å². The topological polar surface area (TPSA) is 107 Å². The fraction of sp³-hybridized carbons (Fsp3) is 0.235. The predicted molar refractivity (Wildman–Crippen MR) is 96.4 cm³/mol. The Kier molecular flexibility index (Phi) is 5.00. The Bertz CT molecular complexity index is 1030. The molecule has 3 rings (SSSR count). The Balaban J connectivity index is 1.81. The fourth-order valence-electron chi connectivity index (χ4n) is 2.70. The second-order valence-electron chi connectivity index (χ2n) is 5.88. The number of hydrogen-bond donors (Lipinski definition) is 1. The Morgan fingerprint density at radius 1 is 0.846 bits per heavy atom. The van der Waals surface area contributed by atoms with Crippen molar-refractivity contribution >= 4 is 25.7 Å². The van der Waals surface area contributed by atoms with Gasteiger partial charge in [-0.2, -0.15) is 9.57 Å². The molecule has 0 aromatic heterocycles. The first-order valence-corrected chi connectivity index (χ1v) is 10.9. The first-order chi connectivity index (χ1) is 12.3. The van der Waals surface area contributed by atoms with Gasteiger partial charge in [-0.3, -0.25) is 4.72 Å². The van der Waals surface area contributed by atoms with Gasteiger partial charge in [-0.05, 0) is 61.4 Å². The highest BCUT2D eigenvalue weighted by atomic mass is 32.2. The van der Waals surface area contributed by atoms with Crippen LogP contribution in [0.4, 0.5) is 5.69 Å². The van der Waals surface area contributed by atoms with Crippen molar-refractivity contribution in [2.75, 3.05) is 17.8 Å². The lowest BCUT2D eigenvalue weighted by molar-refractivity contribution is 0.477. The van der Waals surface area contributed by atoms with Crippen LogP contribution in [0.1, 0.15) is 18.4 Å². The molecule has 1 aliphatic rings. The highest BCUT2D eigenvalue weighted by molar-refractivity contribution is 7.92. The highest BCUT2D eigenvalue weighted by Crippen LogP contribution is 2.23. The van der Waals surface area contributed by atoms with Crippen LogP contribution in [0, 0.1) is 11.3 Å². The van der Waals surface area contributed by atoms with E-state index in [1.54, 1.807) is 0 Å². The molecule has 26 heavy (non-hydrogen) atoms. The Morgan fingerprint density at radius 2 is 1.38 bits per heavy atom. The van der Waals surface area contributed by atoms with Crippen LogP contribution in [-0.2, 0) is 20.0 Å². The Labute approximate surface area is 153 Å². The van der Waals surface area contributed by atoms with Crippen LogP contribution < -0.4 is 4.72 Å². The Morgan fingerprint density at radius 3 is 1.92 bits per heavy atom. The van der Waals surface area contributed by atoms with E-state index in [0.29, 0.717) is 24.3 Å². The predicted octanol–water partition coefficient (Wildman–Crippen LogP) is 2.14. The monoisotopic (exact) mass is 391 g/mol. The maximum Gasteiger partial charge on any atom is 0.261 e. The lowest BCUT2D eigenvalue weighted by Gasteiger charge is -2.15. The van der Waals surface area contributed by atoms with E-state index < -0.39 is 20.0 Å². The van der Waals surface area contributed by atoms with Crippen LogP contribution in [0.5, 0.6) is 0 Å². The van der Waals surface area contributed by atoms with E-state index in [2.05, 4.69) is 4.72 Å². The van der Waals surface area contributed by atoms with Crippen molar-refractivity contribution in [2.24, 2.45) is 0 Å². The molecule has 1 fully saturated rings. The van der Waals surface area contributed by atoms with E-state index in [-0.39, 0.29) is 9.79 Å². The minimum atomic E-state index is -3.86. The zero-order chi connectivity index (χ0) is 18.8. The van der Waals surface area contributed by atoms with Crippen LogP contribution in [0.2, 0.25) is 0 Å². The van der Waals surface area contributed by atoms with Crippen molar-refractivity contribution in [3.8, 4) is 6.07 Å². The quantitative estimate of drug-likeness (QED) is 0.840. The fourth-order valence-corrected chi connectivity index (χ4v) is 5.27. The number of nitrogens with one attached hydrogen (secondary N) is 1. The largest absolute Gasteiger partial charge is 0.280 e. The minimum absolute atomic E-state index is 0.0396. The van der Waals surface area contributed by atoms with Gasteiger partial charge in [-0.25, -0.2) is 16.8 Å². The third kappa shape index (κ3) is 3.72. The second-order valence-corrected chi connectivity index (χ2v) is 9.50. The molecular weight excluding hydrogens is 374 g/mol. The summed E-state index contributed by atoms with van der Waals surface area (Å²) >= 11 is 0. The molecule has 0 unspecified atom stereocenters. The molecule has 7 nitrogen and oxygen atoms in total. The standard InChI is InChI=1S/C17H17N3O4S2/c18-13-14-3-5-15(6-4-14)19-25(21,22)16-7-9-17(10-8-16)26(23,24)20-11-1-2-12-20/h3-10,19H,1-2,11-12H2. The molecule has 1 N–H and O–H groups in total. The Hall–Kier alpha value is -2.41. The minimum Gasteiger partial charge on any atom is -0.280 e. The van der Waals surface area contributed by atoms with E-state index in [1.165, 1.54) is 52.8 Å². The van der Waals surface area contributed by atoms with Crippen molar-refractivity contribution in [2.45, 2.75) is 22.6 Å². The third-order valence-electron chi connectivity index (χ3n) is 4.10. The van der Waals surface area contributed by atoms with E-state index >= 15 is 0 Å². The molecule has 0 saturated carbocycles. The normalized spacial score (nSPS) is 15.5. The number of sulfonamides is 2. The van der Waals surface area contributed by atoms with Crippen molar-refractivity contribution in [3.63, 3.8) is 0 Å². The molecule has 2 aromatic rings. The summed E-state index contributed by atoms with van der Waals surface area (Å²) < 4.78 is 53.6. The van der Waals surface area contributed by atoms with Crippen molar-refractivity contribution in [1.29, 1.82) is 5.26 Å². The third-order valence-corrected chi connectivity index (χ3v) is 7.41. The second kappa shape index (κ2) is 7.07. The zero-order valence-electron chi connectivity index (χ0n) is 13.8. The summed E-state index contributed by atoms with van der Waals surface area (Å²) in [4.78, 5) is 0.0407. The number of rotatable bonds is 5. The molecule has 0 bridgehead atoms. The molecule has 136 valence electrons. The zero-order valence-corrected chi connectivity index (χ0v) is 15.4. The van der Waals surface area contributed by atoms with Gasteiger partial charge in [0.1, 0.15) is 0 Å². The van der Waals surface area contributed by atoms with Gasteiger partial charge in [0.2, 0.25) is 10.0 Å². The summed E-state index contributed by atoms with van der Waals surface area (Å²) in [5.74, 6) is 0. The van der Waals surface area contributed by atoms with Crippen molar-refractivity contribution in [1.82, 2.24) is 4.31 Å². The average molecular weight is 391 g/mol. The number of anilines is 1. The molecule has 0 spiro atoms. The summed E-state index contributed by atoms with van der Waals surface area (Å²) in [7, 11) is -7.44. The smallest absolute Gasteiger partial charge is 0.261 e. The van der Waals surface area contributed by atoms with Crippen LogP contribution in [0.25, 0.3) is 0 Å². The van der Waals surface area contributed by atoms with Crippen LogP contribution in [0.15, 0.2) is 58.3 Å². The molecule has 1 aliphatic heterocycles. The number of hydrogen-bond acceptors (Lipinski definition) is 5. The summed E-state index contributed by atoms with van der Waals surface area (Å²) in [6, 6.07) is 13.1. The van der Waals surface area contributed by atoms with Gasteiger partial charge in [0, 0.05) is 18.8 Å². The number of nitriles is 1. The van der Waals surface area contributed by atoms with Crippen LogP contribution >= 0.6 is 0 Å². The number of nitrogens with zero attached hydrogens (tertiary/aromatic N) is 2. The number of benzene rings is 2. The van der Waals surface area contributed by atoms with Gasteiger partial charge < -0.3 is 0 Å². The van der Waals surface area contributed by atoms with E-state index in [9.17, 15) is 16.8 Å². The van der Waals surface area contributed by atoms with E-state index in [1.807, 2.05) is 6.07 Å². The van der Waals surface area contributed by atoms with Gasteiger partial charge in [-0.1, -0.05) is 0 Å². The molecule has 2 aromatic carbocycles. The first-order valence-electron chi connectivity index (χ1n) is 7.96. The van der Waals surface area contributed by atoms with Gasteiger partial charge in [0.15, 0.2) is 0 Å². The maximum atomic E-state index is 12.5. The van der Waals surface area contributed by atoms with E-state index in [4.69, 9.17) is 5.26 Å². The molecule has 0 aliphatic carbocycles. The first kappa shape index (κ1) is 18.4. The molecule has 1 saturated heterocycles. The average Bonchev–Trinajstić information content (AvgIpc) is 3.18. The summed E-state index contributed by atoms with van der Waals surface area (Å²) in [6.45, 7) is 0.977. The summed E-state index contributed by atoms with van der Waals surface area (Å²) in [5, 5.41) is 8.77. The molecule has 9 heteroatoms. The molecule has 0 atom stereocenters. The highest BCUT2D eigenvalue weighted by Gasteiger charge is 2.27. The van der Waals surface area contributed by atoms with Gasteiger partial charge in [0.05, 0.1) is 21.4 Å². The molecule has 0 amide bonds. The van der Waals surface area contributed by atoms with Gasteiger partial charge >= 0.3 is 0 Å². The van der Waals surface area contributed by atoms with Crippen LogP contribution in [0.3, 0.4) is 0 Å². The summed E-state index contributed by atoms with van der Waals surface area (Å²) in [6.07, 6.45) is 1.67.